The summed E-state index contributed by atoms with van der Waals surface area (Å²) in [5, 5.41) is 11.2. The van der Waals surface area contributed by atoms with E-state index < -0.39 is 49.3 Å². The van der Waals surface area contributed by atoms with E-state index in [0.29, 0.717) is 5.56 Å². The molecule has 1 N–H and O–H groups in total. The Hall–Kier alpha value is -3.35. The van der Waals surface area contributed by atoms with Crippen molar-refractivity contribution in [2.24, 2.45) is 0 Å². The van der Waals surface area contributed by atoms with Crippen LogP contribution in [0.4, 0.5) is 8.78 Å². The minimum Gasteiger partial charge on any atom is -0.466 e. The van der Waals surface area contributed by atoms with Crippen LogP contribution >= 0.6 is 0 Å². The van der Waals surface area contributed by atoms with Gasteiger partial charge in [-0.05, 0) is 12.1 Å². The predicted molar refractivity (Wildman–Crippen MR) is 88.3 cm³/mol. The molecule has 1 aliphatic heterocycles. The number of esters is 1. The molecule has 2 rings (SSSR count). The Morgan fingerprint density at radius 2 is 2.26 bits per heavy atom. The number of hydrogen-bond donors (Lipinski definition) is 1. The fraction of sp³-hybridized carbons (Fsp3) is 0.353. The highest BCUT2D eigenvalue weighted by molar-refractivity contribution is 6.00. The molecular weight excluding hydrogens is 362 g/mol. The highest BCUT2D eigenvalue weighted by Gasteiger charge is 2.47. The summed E-state index contributed by atoms with van der Waals surface area (Å²) in [6, 6.07) is 1.80. The van der Waals surface area contributed by atoms with Gasteiger partial charge in [0, 0.05) is 36.0 Å². The zero-order valence-corrected chi connectivity index (χ0v) is 14.3. The third-order valence-electron chi connectivity index (χ3n) is 3.84. The van der Waals surface area contributed by atoms with E-state index in [1.54, 1.807) is 6.07 Å². The van der Waals surface area contributed by atoms with E-state index >= 15 is 0 Å². The number of ether oxygens (including phenoxy) is 1. The molecule has 27 heavy (non-hydrogen) atoms. The standard InChI is InChI=1S/C17H16F2N4O4/c1-27-15(25)3-2-11-8-21-5-4-13(11)16(26)22-9-14(24)23-10-17(18,19)6-12(23)7-20/h2-5,8,12H,6,9-10H2,1H3,(H,22,26). The molecule has 142 valence electrons. The van der Waals surface area contributed by atoms with Crippen molar-refractivity contribution >= 4 is 23.9 Å². The second kappa shape index (κ2) is 8.35. The van der Waals surface area contributed by atoms with Gasteiger partial charge in [-0.15, -0.1) is 0 Å². The van der Waals surface area contributed by atoms with Gasteiger partial charge in [0.05, 0.1) is 26.3 Å². The summed E-state index contributed by atoms with van der Waals surface area (Å²) >= 11 is 0. The number of pyridine rings is 1. The number of nitriles is 1. The number of carbonyl (C=O) groups excluding carboxylic acids is 3. The summed E-state index contributed by atoms with van der Waals surface area (Å²) in [5.41, 5.74) is 0.428. The molecule has 1 saturated heterocycles. The first-order valence-corrected chi connectivity index (χ1v) is 7.82. The lowest BCUT2D eigenvalue weighted by molar-refractivity contribution is -0.134. The SMILES string of the molecule is COC(=O)C=Cc1cnccc1C(=O)NCC(=O)N1CC(F)(F)CC1C#N. The first-order valence-electron chi connectivity index (χ1n) is 7.82. The number of carbonyl (C=O) groups is 3. The van der Waals surface area contributed by atoms with Gasteiger partial charge in [-0.1, -0.05) is 0 Å². The van der Waals surface area contributed by atoms with Crippen molar-refractivity contribution in [2.45, 2.75) is 18.4 Å². The van der Waals surface area contributed by atoms with Gasteiger partial charge in [0.15, 0.2) is 0 Å². The summed E-state index contributed by atoms with van der Waals surface area (Å²) < 4.78 is 31.3. The molecule has 1 fully saturated rings. The molecular formula is C17H16F2N4O4. The van der Waals surface area contributed by atoms with Crippen LogP contribution in [0.15, 0.2) is 24.5 Å². The highest BCUT2D eigenvalue weighted by Crippen LogP contribution is 2.31. The maximum absolute atomic E-state index is 13.4. The molecule has 0 spiro atoms. The zero-order chi connectivity index (χ0) is 20.0. The Bertz CT molecular complexity index is 819. The first-order chi connectivity index (χ1) is 12.8. The number of nitrogens with zero attached hydrogens (tertiary/aromatic N) is 3. The van der Waals surface area contributed by atoms with Crippen molar-refractivity contribution in [3.05, 3.63) is 35.7 Å². The van der Waals surface area contributed by atoms with Gasteiger partial charge in [-0.3, -0.25) is 14.6 Å². The van der Waals surface area contributed by atoms with E-state index in [-0.39, 0.29) is 5.56 Å². The molecule has 0 bridgehead atoms. The van der Waals surface area contributed by atoms with Crippen molar-refractivity contribution in [1.82, 2.24) is 15.2 Å². The third kappa shape index (κ3) is 5.07. The minimum absolute atomic E-state index is 0.126. The summed E-state index contributed by atoms with van der Waals surface area (Å²) in [6.07, 6.45) is 4.38. The normalized spacial score (nSPS) is 18.1. The topological polar surface area (TPSA) is 112 Å². The Labute approximate surface area is 153 Å². The van der Waals surface area contributed by atoms with Crippen LogP contribution in [-0.4, -0.2) is 59.8 Å². The Morgan fingerprint density at radius 1 is 1.52 bits per heavy atom. The van der Waals surface area contributed by atoms with E-state index in [1.807, 2.05) is 0 Å². The molecule has 1 aromatic heterocycles. The molecule has 0 saturated carbocycles. The summed E-state index contributed by atoms with van der Waals surface area (Å²) in [6.45, 7) is -1.40. The van der Waals surface area contributed by atoms with Gasteiger partial charge >= 0.3 is 5.97 Å². The second-order valence-corrected chi connectivity index (χ2v) is 5.73. The summed E-state index contributed by atoms with van der Waals surface area (Å²) in [7, 11) is 1.20. The summed E-state index contributed by atoms with van der Waals surface area (Å²) in [5.74, 6) is -5.20. The molecule has 1 unspecified atom stereocenters. The fourth-order valence-electron chi connectivity index (χ4n) is 2.52. The largest absolute Gasteiger partial charge is 0.466 e. The lowest BCUT2D eigenvalue weighted by atomic mass is 10.1. The lowest BCUT2D eigenvalue weighted by Crippen LogP contribution is -2.43. The Kier molecular flexibility index (Phi) is 6.18. The number of likely N-dealkylation sites (tertiary alicyclic amines) is 1. The predicted octanol–water partition coefficient (Wildman–Crippen LogP) is 0.757. The van der Waals surface area contributed by atoms with Crippen LogP contribution in [0.3, 0.4) is 0 Å². The van der Waals surface area contributed by atoms with Crippen LogP contribution in [-0.2, 0) is 14.3 Å². The zero-order valence-electron chi connectivity index (χ0n) is 14.3. The van der Waals surface area contributed by atoms with Crippen LogP contribution in [0.25, 0.3) is 6.08 Å². The van der Waals surface area contributed by atoms with E-state index in [1.165, 1.54) is 31.6 Å². The Balaban J connectivity index is 2.04. The molecule has 8 nitrogen and oxygen atoms in total. The van der Waals surface area contributed by atoms with Crippen LogP contribution in [0, 0.1) is 11.3 Å². The third-order valence-corrected chi connectivity index (χ3v) is 3.84. The fourth-order valence-corrected chi connectivity index (χ4v) is 2.52. The van der Waals surface area contributed by atoms with Crippen molar-refractivity contribution in [2.75, 3.05) is 20.2 Å². The number of rotatable bonds is 5. The van der Waals surface area contributed by atoms with E-state index in [2.05, 4.69) is 15.0 Å². The van der Waals surface area contributed by atoms with E-state index in [0.717, 1.165) is 11.0 Å². The van der Waals surface area contributed by atoms with Crippen molar-refractivity contribution < 1.29 is 27.9 Å². The van der Waals surface area contributed by atoms with Gasteiger partial charge < -0.3 is 15.0 Å². The average Bonchev–Trinajstić information content (AvgIpc) is 2.98. The van der Waals surface area contributed by atoms with Crippen molar-refractivity contribution in [3.63, 3.8) is 0 Å². The molecule has 10 heteroatoms. The monoisotopic (exact) mass is 378 g/mol. The van der Waals surface area contributed by atoms with E-state index in [9.17, 15) is 23.2 Å². The van der Waals surface area contributed by atoms with Gasteiger partial charge in [0.25, 0.3) is 11.8 Å². The first kappa shape index (κ1) is 20.0. The van der Waals surface area contributed by atoms with Crippen molar-refractivity contribution in [1.29, 1.82) is 5.26 Å². The lowest BCUT2D eigenvalue weighted by Gasteiger charge is -2.19. The Morgan fingerprint density at radius 3 is 2.93 bits per heavy atom. The number of methoxy groups -OCH3 is 1. The molecule has 1 aromatic rings. The van der Waals surface area contributed by atoms with Crippen LogP contribution in [0.1, 0.15) is 22.3 Å². The summed E-state index contributed by atoms with van der Waals surface area (Å²) in [4.78, 5) is 40.2. The molecule has 0 aromatic carbocycles. The van der Waals surface area contributed by atoms with Gasteiger partial charge in [-0.25, -0.2) is 13.6 Å². The molecule has 2 amide bonds. The maximum Gasteiger partial charge on any atom is 0.330 e. The number of aromatic nitrogens is 1. The number of nitrogens with one attached hydrogen (secondary N) is 1. The van der Waals surface area contributed by atoms with E-state index in [4.69, 9.17) is 5.26 Å². The maximum atomic E-state index is 13.4. The number of amides is 2. The van der Waals surface area contributed by atoms with Crippen LogP contribution in [0.5, 0.6) is 0 Å². The average molecular weight is 378 g/mol. The van der Waals surface area contributed by atoms with Crippen molar-refractivity contribution in [3.8, 4) is 6.07 Å². The minimum atomic E-state index is -3.13. The molecule has 2 heterocycles. The molecule has 0 radical (unpaired) electrons. The van der Waals surface area contributed by atoms with Gasteiger partial charge in [-0.2, -0.15) is 5.26 Å². The molecule has 0 aliphatic carbocycles. The smallest absolute Gasteiger partial charge is 0.330 e. The number of alkyl halides is 2. The molecule has 1 aliphatic rings. The highest BCUT2D eigenvalue weighted by atomic mass is 19.3. The second-order valence-electron chi connectivity index (χ2n) is 5.73. The van der Waals surface area contributed by atoms with Gasteiger partial charge in [0.1, 0.15) is 6.04 Å². The number of hydrogen-bond acceptors (Lipinski definition) is 6. The van der Waals surface area contributed by atoms with Gasteiger partial charge in [0.2, 0.25) is 5.91 Å². The number of halogens is 2. The molecule has 1 atom stereocenters. The quantitative estimate of drug-likeness (QED) is 0.598. The van der Waals surface area contributed by atoms with Crippen LogP contribution in [0.2, 0.25) is 0 Å². The van der Waals surface area contributed by atoms with Crippen LogP contribution < -0.4 is 5.32 Å².